The van der Waals surface area contributed by atoms with E-state index < -0.39 is 11.7 Å². The predicted octanol–water partition coefficient (Wildman–Crippen LogP) is 3.55. The Hall–Kier alpha value is -2.54. The lowest BCUT2D eigenvalue weighted by molar-refractivity contribution is -0.137. The molecule has 26 heavy (non-hydrogen) atoms. The molecule has 1 aliphatic heterocycles. The number of benzene rings is 2. The monoisotopic (exact) mass is 364 g/mol. The van der Waals surface area contributed by atoms with Gasteiger partial charge in [0.15, 0.2) is 0 Å². The van der Waals surface area contributed by atoms with Gasteiger partial charge < -0.3 is 15.4 Å². The van der Waals surface area contributed by atoms with Gasteiger partial charge in [0.25, 0.3) is 5.91 Å². The number of halogens is 3. The van der Waals surface area contributed by atoms with Crippen molar-refractivity contribution in [1.29, 1.82) is 0 Å². The highest BCUT2D eigenvalue weighted by Crippen LogP contribution is 2.37. The summed E-state index contributed by atoms with van der Waals surface area (Å²) in [5.74, 6) is 0.136. The van der Waals surface area contributed by atoms with Gasteiger partial charge in [-0.25, -0.2) is 0 Å². The van der Waals surface area contributed by atoms with Gasteiger partial charge in [-0.2, -0.15) is 13.2 Å². The number of amides is 1. The average molecular weight is 364 g/mol. The summed E-state index contributed by atoms with van der Waals surface area (Å²) in [6, 6.07) is 9.80. The highest BCUT2D eigenvalue weighted by molar-refractivity contribution is 5.96. The first-order valence-electron chi connectivity index (χ1n) is 8.20. The molecule has 0 aromatic heterocycles. The Labute approximate surface area is 149 Å². The normalized spacial score (nSPS) is 17.4. The standard InChI is InChI=1S/C19H19F3N2O2/c1-26-17-6-5-14(19(20,21)22)10-16(17)12-3-2-4-13(9-12)18(25)24-8-7-15(23)11-24/h2-6,9-10,15H,7-8,11,23H2,1H3/t15-/m0/s1. The number of hydrogen-bond acceptors (Lipinski definition) is 3. The van der Waals surface area contributed by atoms with E-state index in [2.05, 4.69) is 0 Å². The number of ether oxygens (including phenoxy) is 1. The minimum Gasteiger partial charge on any atom is -0.496 e. The third-order valence-electron chi connectivity index (χ3n) is 4.46. The summed E-state index contributed by atoms with van der Waals surface area (Å²) in [7, 11) is 1.40. The smallest absolute Gasteiger partial charge is 0.416 e. The molecule has 7 heteroatoms. The number of likely N-dealkylation sites (tertiary alicyclic amines) is 1. The molecule has 1 heterocycles. The largest absolute Gasteiger partial charge is 0.496 e. The van der Waals surface area contributed by atoms with Gasteiger partial charge in [0.1, 0.15) is 5.75 Å². The van der Waals surface area contributed by atoms with Crippen molar-refractivity contribution in [3.63, 3.8) is 0 Å². The number of carbonyl (C=O) groups excluding carboxylic acids is 1. The van der Waals surface area contributed by atoms with E-state index in [0.29, 0.717) is 30.0 Å². The predicted molar refractivity (Wildman–Crippen MR) is 91.9 cm³/mol. The maximum atomic E-state index is 13.1. The van der Waals surface area contributed by atoms with Crippen molar-refractivity contribution < 1.29 is 22.7 Å². The first-order valence-corrected chi connectivity index (χ1v) is 8.20. The first kappa shape index (κ1) is 18.3. The zero-order valence-electron chi connectivity index (χ0n) is 14.2. The second-order valence-electron chi connectivity index (χ2n) is 6.29. The maximum absolute atomic E-state index is 13.1. The van der Waals surface area contributed by atoms with Crippen LogP contribution in [0, 0.1) is 0 Å². The summed E-state index contributed by atoms with van der Waals surface area (Å²) in [5.41, 5.74) is 6.26. The molecule has 3 rings (SSSR count). The fourth-order valence-electron chi connectivity index (χ4n) is 3.08. The molecule has 138 valence electrons. The zero-order chi connectivity index (χ0) is 18.9. The zero-order valence-corrected chi connectivity index (χ0v) is 14.2. The summed E-state index contributed by atoms with van der Waals surface area (Å²) in [5, 5.41) is 0. The van der Waals surface area contributed by atoms with Gasteiger partial charge in [-0.3, -0.25) is 4.79 Å². The van der Waals surface area contributed by atoms with E-state index in [9.17, 15) is 18.0 Å². The molecule has 1 saturated heterocycles. The van der Waals surface area contributed by atoms with Crippen LogP contribution >= 0.6 is 0 Å². The Morgan fingerprint density at radius 1 is 1.23 bits per heavy atom. The van der Waals surface area contributed by atoms with Gasteiger partial charge in [0.05, 0.1) is 12.7 Å². The Morgan fingerprint density at radius 2 is 2.00 bits per heavy atom. The van der Waals surface area contributed by atoms with Crippen LogP contribution in [0.15, 0.2) is 42.5 Å². The molecule has 0 saturated carbocycles. The fraction of sp³-hybridized carbons (Fsp3) is 0.316. The van der Waals surface area contributed by atoms with Crippen molar-refractivity contribution in [2.45, 2.75) is 18.6 Å². The quantitative estimate of drug-likeness (QED) is 0.906. The first-order chi connectivity index (χ1) is 12.3. The molecular formula is C19H19F3N2O2. The minimum atomic E-state index is -4.46. The van der Waals surface area contributed by atoms with Gasteiger partial charge in [-0.05, 0) is 42.3 Å². The van der Waals surface area contributed by atoms with Crippen molar-refractivity contribution in [2.75, 3.05) is 20.2 Å². The third-order valence-corrected chi connectivity index (χ3v) is 4.46. The summed E-state index contributed by atoms with van der Waals surface area (Å²) in [4.78, 5) is 14.3. The minimum absolute atomic E-state index is 0.0364. The van der Waals surface area contributed by atoms with E-state index in [1.807, 2.05) is 0 Å². The highest BCUT2D eigenvalue weighted by atomic mass is 19.4. The van der Waals surface area contributed by atoms with Gasteiger partial charge in [-0.15, -0.1) is 0 Å². The van der Waals surface area contributed by atoms with Crippen LogP contribution in [0.25, 0.3) is 11.1 Å². The van der Waals surface area contributed by atoms with Crippen molar-refractivity contribution in [3.05, 3.63) is 53.6 Å². The van der Waals surface area contributed by atoms with Crippen LogP contribution in [0.1, 0.15) is 22.3 Å². The van der Waals surface area contributed by atoms with Crippen LogP contribution < -0.4 is 10.5 Å². The molecule has 2 aromatic rings. The average Bonchev–Trinajstić information content (AvgIpc) is 3.06. The summed E-state index contributed by atoms with van der Waals surface area (Å²) < 4.78 is 44.4. The maximum Gasteiger partial charge on any atom is 0.416 e. The van der Waals surface area contributed by atoms with Crippen molar-refractivity contribution in [1.82, 2.24) is 4.90 Å². The number of nitrogens with zero attached hydrogens (tertiary/aromatic N) is 1. The van der Waals surface area contributed by atoms with E-state index in [4.69, 9.17) is 10.5 Å². The Kier molecular flexibility index (Phi) is 4.91. The van der Waals surface area contributed by atoms with Crippen LogP contribution in [0.3, 0.4) is 0 Å². The molecular weight excluding hydrogens is 345 g/mol. The molecule has 4 nitrogen and oxygen atoms in total. The molecule has 0 aliphatic carbocycles. The van der Waals surface area contributed by atoms with E-state index in [1.54, 1.807) is 29.2 Å². The van der Waals surface area contributed by atoms with Gasteiger partial charge in [0, 0.05) is 30.3 Å². The topological polar surface area (TPSA) is 55.6 Å². The molecule has 2 N–H and O–H groups in total. The lowest BCUT2D eigenvalue weighted by atomic mass is 9.99. The summed E-state index contributed by atoms with van der Waals surface area (Å²) >= 11 is 0. The van der Waals surface area contributed by atoms with Crippen LogP contribution in [-0.2, 0) is 6.18 Å². The van der Waals surface area contributed by atoms with Gasteiger partial charge in [0.2, 0.25) is 0 Å². The Balaban J connectivity index is 1.98. The van der Waals surface area contributed by atoms with Crippen molar-refractivity contribution in [2.24, 2.45) is 5.73 Å². The van der Waals surface area contributed by atoms with Crippen LogP contribution in [0.5, 0.6) is 5.75 Å². The molecule has 0 unspecified atom stereocenters. The number of carbonyl (C=O) groups is 1. The van der Waals surface area contributed by atoms with E-state index in [1.165, 1.54) is 13.2 Å². The summed E-state index contributed by atoms with van der Waals surface area (Å²) in [6.45, 7) is 1.06. The molecule has 0 radical (unpaired) electrons. The van der Waals surface area contributed by atoms with Crippen LogP contribution in [0.4, 0.5) is 13.2 Å². The van der Waals surface area contributed by atoms with Gasteiger partial charge in [-0.1, -0.05) is 12.1 Å². The third kappa shape index (κ3) is 3.67. The SMILES string of the molecule is COc1ccc(C(F)(F)F)cc1-c1cccc(C(=O)N2CC[C@H](N)C2)c1. The van der Waals surface area contributed by atoms with Crippen molar-refractivity contribution >= 4 is 5.91 Å². The number of methoxy groups -OCH3 is 1. The number of alkyl halides is 3. The molecule has 1 atom stereocenters. The molecule has 0 spiro atoms. The van der Waals surface area contributed by atoms with E-state index in [-0.39, 0.29) is 17.5 Å². The highest BCUT2D eigenvalue weighted by Gasteiger charge is 2.31. The summed E-state index contributed by atoms with van der Waals surface area (Å²) in [6.07, 6.45) is -3.72. The lowest BCUT2D eigenvalue weighted by Gasteiger charge is -2.17. The number of nitrogens with two attached hydrogens (primary N) is 1. The molecule has 1 aliphatic rings. The Bertz CT molecular complexity index is 821. The van der Waals surface area contributed by atoms with Crippen molar-refractivity contribution in [3.8, 4) is 16.9 Å². The van der Waals surface area contributed by atoms with Crippen LogP contribution in [-0.4, -0.2) is 37.0 Å². The molecule has 0 bridgehead atoms. The lowest BCUT2D eigenvalue weighted by Crippen LogP contribution is -2.31. The molecule has 1 amide bonds. The van der Waals surface area contributed by atoms with Gasteiger partial charge >= 0.3 is 6.18 Å². The molecule has 1 fully saturated rings. The second-order valence-corrected chi connectivity index (χ2v) is 6.29. The molecule has 2 aromatic carbocycles. The fourth-order valence-corrected chi connectivity index (χ4v) is 3.08. The Morgan fingerprint density at radius 3 is 2.62 bits per heavy atom. The van der Waals surface area contributed by atoms with E-state index >= 15 is 0 Å². The number of rotatable bonds is 3. The van der Waals surface area contributed by atoms with Crippen LogP contribution in [0.2, 0.25) is 0 Å². The number of hydrogen-bond donors (Lipinski definition) is 1. The second kappa shape index (κ2) is 6.99. The van der Waals surface area contributed by atoms with E-state index in [0.717, 1.165) is 18.6 Å².